The highest BCUT2D eigenvalue weighted by molar-refractivity contribution is 5.95. The van der Waals surface area contributed by atoms with Gasteiger partial charge in [-0.2, -0.15) is 0 Å². The van der Waals surface area contributed by atoms with Crippen LogP contribution in [0.1, 0.15) is 37.9 Å². The fourth-order valence-corrected chi connectivity index (χ4v) is 2.31. The molecule has 0 aliphatic rings. The van der Waals surface area contributed by atoms with Gasteiger partial charge in [-0.25, -0.2) is 4.79 Å². The fourth-order valence-electron chi connectivity index (χ4n) is 2.31. The molecule has 2 aromatic rings. The quantitative estimate of drug-likeness (QED) is 0.657. The molecule has 0 spiro atoms. The molecular formula is C20H23NO4. The zero-order chi connectivity index (χ0) is 18.4. The molecule has 1 amide bonds. The number of esters is 1. The van der Waals surface area contributed by atoms with Gasteiger partial charge in [0.2, 0.25) is 0 Å². The highest BCUT2D eigenvalue weighted by atomic mass is 16.5. The minimum atomic E-state index is -0.603. The number of nitrogens with one attached hydrogen (secondary N) is 1. The van der Waals surface area contributed by atoms with E-state index in [0.29, 0.717) is 5.76 Å². The Labute approximate surface area is 147 Å². The van der Waals surface area contributed by atoms with Gasteiger partial charge in [0.1, 0.15) is 11.5 Å². The van der Waals surface area contributed by atoms with Crippen LogP contribution in [0.15, 0.2) is 46.9 Å². The minimum Gasteiger partial charge on any atom is -0.462 e. The van der Waals surface area contributed by atoms with Crippen molar-refractivity contribution in [2.24, 2.45) is 0 Å². The summed E-state index contributed by atoms with van der Waals surface area (Å²) < 4.78 is 10.3. The van der Waals surface area contributed by atoms with Crippen molar-refractivity contribution in [1.82, 2.24) is 0 Å². The summed E-state index contributed by atoms with van der Waals surface area (Å²) in [6.07, 6.45) is 2.73. The van der Waals surface area contributed by atoms with Crippen molar-refractivity contribution in [1.29, 1.82) is 0 Å². The molecular weight excluding hydrogens is 318 g/mol. The van der Waals surface area contributed by atoms with E-state index in [-0.39, 0.29) is 17.9 Å². The zero-order valence-corrected chi connectivity index (χ0v) is 15.0. The van der Waals surface area contributed by atoms with Crippen LogP contribution < -0.4 is 5.32 Å². The lowest BCUT2D eigenvalue weighted by atomic mass is 9.86. The van der Waals surface area contributed by atoms with E-state index < -0.39 is 5.97 Å². The van der Waals surface area contributed by atoms with E-state index in [1.807, 2.05) is 31.2 Å². The Bertz CT molecular complexity index is 781. The smallest absolute Gasteiger partial charge is 0.331 e. The summed E-state index contributed by atoms with van der Waals surface area (Å²) >= 11 is 0. The van der Waals surface area contributed by atoms with Gasteiger partial charge in [0.05, 0.1) is 0 Å². The normalized spacial score (nSPS) is 11.5. The van der Waals surface area contributed by atoms with Crippen LogP contribution in [0.25, 0.3) is 6.08 Å². The number of hydrogen-bond donors (Lipinski definition) is 1. The van der Waals surface area contributed by atoms with Crippen molar-refractivity contribution in [2.75, 3.05) is 11.9 Å². The maximum Gasteiger partial charge on any atom is 0.331 e. The highest BCUT2D eigenvalue weighted by Gasteiger charge is 2.18. The van der Waals surface area contributed by atoms with Gasteiger partial charge in [-0.15, -0.1) is 0 Å². The van der Waals surface area contributed by atoms with Crippen molar-refractivity contribution < 1.29 is 18.7 Å². The first-order chi connectivity index (χ1) is 11.8. The Morgan fingerprint density at radius 3 is 2.52 bits per heavy atom. The van der Waals surface area contributed by atoms with Crippen LogP contribution in [0.4, 0.5) is 5.69 Å². The summed E-state index contributed by atoms with van der Waals surface area (Å²) in [7, 11) is 0. The SMILES string of the molecule is Cc1ccc(C=CC(=O)OCC(=O)Nc2ccccc2C(C)(C)C)o1. The number of ether oxygens (including phenoxy) is 1. The molecule has 0 atom stereocenters. The molecule has 0 bridgehead atoms. The second-order valence-corrected chi connectivity index (χ2v) is 6.73. The van der Waals surface area contributed by atoms with E-state index in [2.05, 4.69) is 26.1 Å². The molecule has 0 saturated carbocycles. The van der Waals surface area contributed by atoms with E-state index >= 15 is 0 Å². The third-order valence-electron chi connectivity index (χ3n) is 3.50. The van der Waals surface area contributed by atoms with E-state index in [1.54, 1.807) is 12.1 Å². The van der Waals surface area contributed by atoms with Crippen LogP contribution in [0.5, 0.6) is 0 Å². The lowest BCUT2D eigenvalue weighted by Crippen LogP contribution is -2.23. The standard InChI is InChI=1S/C20H23NO4/c1-14-9-10-15(25-14)11-12-19(23)24-13-18(22)21-17-8-6-5-7-16(17)20(2,3)4/h5-12H,13H2,1-4H3,(H,21,22). The Morgan fingerprint density at radius 2 is 1.88 bits per heavy atom. The monoisotopic (exact) mass is 341 g/mol. The number of anilines is 1. The van der Waals surface area contributed by atoms with E-state index in [9.17, 15) is 9.59 Å². The second-order valence-electron chi connectivity index (χ2n) is 6.73. The summed E-state index contributed by atoms with van der Waals surface area (Å²) in [6.45, 7) is 7.67. The first kappa shape index (κ1) is 18.5. The molecule has 0 aliphatic heterocycles. The lowest BCUT2D eigenvalue weighted by molar-refractivity contribution is -0.142. The van der Waals surface area contributed by atoms with Crippen molar-refractivity contribution in [3.05, 3.63) is 59.6 Å². The predicted molar refractivity (Wildman–Crippen MR) is 97.2 cm³/mol. The second kappa shape index (κ2) is 7.83. The molecule has 1 N–H and O–H groups in total. The molecule has 132 valence electrons. The van der Waals surface area contributed by atoms with Crippen molar-refractivity contribution in [3.8, 4) is 0 Å². The zero-order valence-electron chi connectivity index (χ0n) is 15.0. The van der Waals surface area contributed by atoms with Gasteiger partial charge in [0, 0.05) is 11.8 Å². The molecule has 25 heavy (non-hydrogen) atoms. The number of benzene rings is 1. The molecule has 0 radical (unpaired) electrons. The Morgan fingerprint density at radius 1 is 1.16 bits per heavy atom. The van der Waals surface area contributed by atoms with Gasteiger partial charge < -0.3 is 14.5 Å². The van der Waals surface area contributed by atoms with Gasteiger partial charge in [0.25, 0.3) is 5.91 Å². The van der Waals surface area contributed by atoms with Crippen LogP contribution in [0.3, 0.4) is 0 Å². The molecule has 0 aliphatic carbocycles. The minimum absolute atomic E-state index is 0.107. The van der Waals surface area contributed by atoms with Gasteiger partial charge in [0.15, 0.2) is 6.61 Å². The molecule has 0 unspecified atom stereocenters. The van der Waals surface area contributed by atoms with Crippen molar-refractivity contribution >= 4 is 23.6 Å². The van der Waals surface area contributed by atoms with Crippen molar-refractivity contribution in [2.45, 2.75) is 33.1 Å². The molecule has 1 heterocycles. The highest BCUT2D eigenvalue weighted by Crippen LogP contribution is 2.29. The largest absolute Gasteiger partial charge is 0.462 e. The van der Waals surface area contributed by atoms with Crippen LogP contribution in [0.2, 0.25) is 0 Å². The number of aryl methyl sites for hydroxylation is 1. The lowest BCUT2D eigenvalue weighted by Gasteiger charge is -2.22. The molecule has 0 saturated heterocycles. The van der Waals surface area contributed by atoms with Crippen LogP contribution in [-0.4, -0.2) is 18.5 Å². The summed E-state index contributed by atoms with van der Waals surface area (Å²) in [5.74, 6) is 0.323. The van der Waals surface area contributed by atoms with Crippen LogP contribution in [0, 0.1) is 6.92 Å². The maximum atomic E-state index is 12.0. The van der Waals surface area contributed by atoms with Gasteiger partial charge in [-0.05, 0) is 42.2 Å². The van der Waals surface area contributed by atoms with E-state index in [1.165, 1.54) is 12.2 Å². The number of furan rings is 1. The third-order valence-corrected chi connectivity index (χ3v) is 3.50. The molecule has 2 rings (SSSR count). The molecule has 5 nitrogen and oxygen atoms in total. The maximum absolute atomic E-state index is 12.0. The number of rotatable bonds is 5. The number of hydrogen-bond acceptors (Lipinski definition) is 4. The topological polar surface area (TPSA) is 68.5 Å². The van der Waals surface area contributed by atoms with Crippen LogP contribution >= 0.6 is 0 Å². The fraction of sp³-hybridized carbons (Fsp3) is 0.300. The number of amides is 1. The van der Waals surface area contributed by atoms with Gasteiger partial charge in [-0.3, -0.25) is 4.79 Å². The number of carbonyl (C=O) groups excluding carboxylic acids is 2. The van der Waals surface area contributed by atoms with Crippen LogP contribution in [-0.2, 0) is 19.7 Å². The first-order valence-corrected chi connectivity index (χ1v) is 8.06. The molecule has 1 aromatic carbocycles. The molecule has 5 heteroatoms. The van der Waals surface area contributed by atoms with Crippen molar-refractivity contribution in [3.63, 3.8) is 0 Å². The predicted octanol–water partition coefficient (Wildman–Crippen LogP) is 4.08. The Hall–Kier alpha value is -2.82. The Kier molecular flexibility index (Phi) is 5.80. The summed E-state index contributed by atoms with van der Waals surface area (Å²) in [5.41, 5.74) is 1.63. The van der Waals surface area contributed by atoms with E-state index in [4.69, 9.17) is 9.15 Å². The van der Waals surface area contributed by atoms with Gasteiger partial charge in [-0.1, -0.05) is 39.0 Å². The summed E-state index contributed by atoms with van der Waals surface area (Å²) in [5, 5.41) is 2.79. The molecule has 0 fully saturated rings. The molecule has 1 aromatic heterocycles. The average molecular weight is 341 g/mol. The van der Waals surface area contributed by atoms with E-state index in [0.717, 1.165) is 17.0 Å². The first-order valence-electron chi connectivity index (χ1n) is 8.06. The number of para-hydroxylation sites is 1. The summed E-state index contributed by atoms with van der Waals surface area (Å²) in [6, 6.07) is 11.1. The number of carbonyl (C=O) groups is 2. The Balaban J connectivity index is 1.89. The third kappa shape index (κ3) is 5.64. The summed E-state index contributed by atoms with van der Waals surface area (Å²) in [4.78, 5) is 23.7. The van der Waals surface area contributed by atoms with Gasteiger partial charge >= 0.3 is 5.97 Å². The average Bonchev–Trinajstić information content (AvgIpc) is 2.96.